The molecule has 42 valence electrons. The molecule has 0 bridgehead atoms. The van der Waals surface area contributed by atoms with E-state index in [0.717, 1.165) is 12.6 Å². The van der Waals surface area contributed by atoms with Gasteiger partial charge in [0.1, 0.15) is 12.6 Å². The van der Waals surface area contributed by atoms with Gasteiger partial charge in [0.15, 0.2) is 0 Å². The van der Waals surface area contributed by atoms with Crippen LogP contribution < -0.4 is 0 Å². The second-order valence-electron chi connectivity index (χ2n) is 1.26. The fourth-order valence-electron chi connectivity index (χ4n) is 0.285. The number of unbranched alkanes of at least 4 members (excludes halogenated alkanes) is 2. The third kappa shape index (κ3) is 17.6. The molecule has 0 aromatic rings. The van der Waals surface area contributed by atoms with Crippen LogP contribution in [0.25, 0.3) is 0 Å². The van der Waals surface area contributed by atoms with Gasteiger partial charge in [-0.1, -0.05) is 0 Å². The number of aldehydes is 2. The summed E-state index contributed by atoms with van der Waals surface area (Å²) in [6, 6.07) is 0. The molecule has 0 saturated heterocycles. The molecule has 2 nitrogen and oxygen atoms in total. The van der Waals surface area contributed by atoms with Crippen LogP contribution in [-0.2, 0) is 9.59 Å². The molecule has 0 rings (SSSR count). The van der Waals surface area contributed by atoms with Crippen molar-refractivity contribution >= 4 is 71.7 Å². The summed E-state index contributed by atoms with van der Waals surface area (Å²) in [4.78, 5) is 19.1. The summed E-state index contributed by atoms with van der Waals surface area (Å²) in [6.07, 6.45) is 3.37. The van der Waals surface area contributed by atoms with Crippen molar-refractivity contribution in [2.24, 2.45) is 0 Å². The van der Waals surface area contributed by atoms with Gasteiger partial charge in [-0.15, -0.1) is 0 Å². The topological polar surface area (TPSA) is 34.1 Å². The third-order valence-electron chi connectivity index (χ3n) is 0.644. The molecule has 0 aromatic carbocycles. The predicted octanol–water partition coefficient (Wildman–Crippen LogP) is -0.207. The van der Waals surface area contributed by atoms with Gasteiger partial charge in [0, 0.05) is 72.0 Å². The first kappa shape index (κ1) is 16.7. The molecule has 9 heavy (non-hydrogen) atoms. The Morgan fingerprint density at radius 2 is 1.22 bits per heavy atom. The van der Waals surface area contributed by atoms with Crippen LogP contribution >= 0.6 is 0 Å². The van der Waals surface area contributed by atoms with Gasteiger partial charge in [-0.2, -0.15) is 0 Å². The standard InChI is InChI=1S/C5H8O2.2Na/c6-4-2-1-3-5-7;;/h4-5H,1-3H2;;. The molecule has 0 fully saturated rings. The van der Waals surface area contributed by atoms with Crippen molar-refractivity contribution in [3.63, 3.8) is 0 Å². The van der Waals surface area contributed by atoms with Gasteiger partial charge in [-0.3, -0.25) is 0 Å². The minimum Gasteiger partial charge on any atom is -0.303 e. The maximum atomic E-state index is 9.56. The zero-order valence-corrected chi connectivity index (χ0v) is 10.1. The summed E-state index contributed by atoms with van der Waals surface area (Å²) >= 11 is 0. The molecule has 0 N–H and O–H groups in total. The summed E-state index contributed by atoms with van der Waals surface area (Å²) in [6.45, 7) is 0. The Bertz CT molecular complexity index is 58.0. The van der Waals surface area contributed by atoms with Gasteiger partial charge >= 0.3 is 0 Å². The Morgan fingerprint density at radius 3 is 1.44 bits per heavy atom. The van der Waals surface area contributed by atoms with Crippen molar-refractivity contribution in [3.8, 4) is 0 Å². The van der Waals surface area contributed by atoms with E-state index >= 15 is 0 Å². The minimum atomic E-state index is 0. The summed E-state index contributed by atoms with van der Waals surface area (Å²) in [5.41, 5.74) is 0. The van der Waals surface area contributed by atoms with Crippen LogP contribution in [0.4, 0.5) is 0 Å². The number of hydrogen-bond acceptors (Lipinski definition) is 2. The van der Waals surface area contributed by atoms with E-state index in [4.69, 9.17) is 0 Å². The van der Waals surface area contributed by atoms with Crippen molar-refractivity contribution in [2.45, 2.75) is 19.3 Å². The number of rotatable bonds is 4. The van der Waals surface area contributed by atoms with E-state index in [1.807, 2.05) is 0 Å². The van der Waals surface area contributed by atoms with Crippen LogP contribution in [0.1, 0.15) is 19.3 Å². The van der Waals surface area contributed by atoms with Gasteiger partial charge in [0.25, 0.3) is 0 Å². The second kappa shape index (κ2) is 16.2. The van der Waals surface area contributed by atoms with Crippen molar-refractivity contribution in [3.05, 3.63) is 0 Å². The fraction of sp³-hybridized carbons (Fsp3) is 0.600. The number of hydrogen-bond donors (Lipinski definition) is 0. The summed E-state index contributed by atoms with van der Waals surface area (Å²) in [5.74, 6) is 0. The quantitative estimate of drug-likeness (QED) is 0.312. The third-order valence-corrected chi connectivity index (χ3v) is 0.644. The first-order valence-electron chi connectivity index (χ1n) is 2.29. The molecule has 0 saturated carbocycles. The van der Waals surface area contributed by atoms with E-state index in [9.17, 15) is 9.59 Å². The predicted molar refractivity (Wildman–Crippen MR) is 37.5 cm³/mol. The van der Waals surface area contributed by atoms with E-state index in [1.54, 1.807) is 0 Å². The van der Waals surface area contributed by atoms with Gasteiger partial charge in [-0.05, 0) is 6.42 Å². The van der Waals surface area contributed by atoms with Gasteiger partial charge < -0.3 is 9.59 Å². The Labute approximate surface area is 99.3 Å². The van der Waals surface area contributed by atoms with Crippen LogP contribution in [0.5, 0.6) is 0 Å². The molecule has 0 aromatic heterocycles. The SMILES string of the molecule is O=CCCCC=O.[Na].[Na]. The average Bonchev–Trinajstić information content (AvgIpc) is 1.69. The Kier molecular flexibility index (Phi) is 30.1. The molecule has 0 amide bonds. The molecule has 0 aliphatic heterocycles. The monoisotopic (exact) mass is 146 g/mol. The van der Waals surface area contributed by atoms with Crippen molar-refractivity contribution < 1.29 is 9.59 Å². The van der Waals surface area contributed by atoms with Crippen LogP contribution in [0.3, 0.4) is 0 Å². The van der Waals surface area contributed by atoms with Gasteiger partial charge in [0.05, 0.1) is 0 Å². The summed E-state index contributed by atoms with van der Waals surface area (Å²) in [7, 11) is 0. The average molecular weight is 146 g/mol. The van der Waals surface area contributed by atoms with E-state index in [-0.39, 0.29) is 59.1 Å². The van der Waals surface area contributed by atoms with Crippen molar-refractivity contribution in [1.29, 1.82) is 0 Å². The van der Waals surface area contributed by atoms with Crippen molar-refractivity contribution in [2.75, 3.05) is 0 Å². The van der Waals surface area contributed by atoms with Gasteiger partial charge in [-0.25, -0.2) is 0 Å². The Balaban J connectivity index is -0.000000180. The maximum absolute atomic E-state index is 9.56. The van der Waals surface area contributed by atoms with Crippen LogP contribution in [0.15, 0.2) is 0 Å². The first-order chi connectivity index (χ1) is 3.41. The van der Waals surface area contributed by atoms with E-state index in [0.29, 0.717) is 19.3 Å². The van der Waals surface area contributed by atoms with E-state index in [2.05, 4.69) is 0 Å². The van der Waals surface area contributed by atoms with E-state index in [1.165, 1.54) is 0 Å². The Morgan fingerprint density at radius 1 is 0.889 bits per heavy atom. The molecule has 0 spiro atoms. The zero-order valence-electron chi connectivity index (χ0n) is 6.09. The second-order valence-corrected chi connectivity index (χ2v) is 1.26. The zero-order chi connectivity index (χ0) is 5.54. The Hall–Kier alpha value is 1.34. The summed E-state index contributed by atoms with van der Waals surface area (Å²) < 4.78 is 0. The van der Waals surface area contributed by atoms with Crippen LogP contribution in [0, 0.1) is 0 Å². The summed E-state index contributed by atoms with van der Waals surface area (Å²) in [5, 5.41) is 0. The van der Waals surface area contributed by atoms with Crippen LogP contribution in [0.2, 0.25) is 0 Å². The number of carbonyl (C=O) groups is 2. The smallest absolute Gasteiger partial charge is 0.120 e. The maximum Gasteiger partial charge on any atom is 0.120 e. The molecular formula is C5H8Na2O2. The molecule has 0 heterocycles. The molecule has 0 aliphatic carbocycles. The largest absolute Gasteiger partial charge is 0.303 e. The minimum absolute atomic E-state index is 0. The molecule has 0 atom stereocenters. The molecular weight excluding hydrogens is 138 g/mol. The van der Waals surface area contributed by atoms with Crippen molar-refractivity contribution in [1.82, 2.24) is 0 Å². The fourth-order valence-corrected chi connectivity index (χ4v) is 0.285. The molecule has 0 aliphatic rings. The number of carbonyl (C=O) groups excluding carboxylic acids is 2. The van der Waals surface area contributed by atoms with Crippen LogP contribution in [-0.4, -0.2) is 71.7 Å². The first-order valence-corrected chi connectivity index (χ1v) is 2.29. The van der Waals surface area contributed by atoms with Gasteiger partial charge in [0.2, 0.25) is 0 Å². The molecule has 0 unspecified atom stereocenters. The molecule has 2 radical (unpaired) electrons. The normalized spacial score (nSPS) is 6.22. The van der Waals surface area contributed by atoms with E-state index < -0.39 is 0 Å². The molecule has 4 heteroatoms.